The molecular formula is C17H19F3O. The van der Waals surface area contributed by atoms with Crippen molar-refractivity contribution in [1.29, 1.82) is 0 Å². The first kappa shape index (κ1) is 17.1. The number of rotatable bonds is 3. The van der Waals surface area contributed by atoms with Gasteiger partial charge in [-0.25, -0.2) is 0 Å². The van der Waals surface area contributed by atoms with Gasteiger partial charge in [0.15, 0.2) is 0 Å². The van der Waals surface area contributed by atoms with Gasteiger partial charge in [-0.3, -0.25) is 0 Å². The van der Waals surface area contributed by atoms with Crippen LogP contribution in [0.25, 0.3) is 0 Å². The van der Waals surface area contributed by atoms with Crippen LogP contribution in [0, 0.1) is 0 Å². The highest BCUT2D eigenvalue weighted by atomic mass is 19.4. The topological polar surface area (TPSA) is 9.23 Å². The summed E-state index contributed by atoms with van der Waals surface area (Å²) in [4.78, 5) is 0. The van der Waals surface area contributed by atoms with Gasteiger partial charge in [-0.05, 0) is 23.3 Å². The molecule has 0 bridgehead atoms. The maximum Gasteiger partial charge on any atom is 0.573 e. The van der Waals surface area contributed by atoms with Crippen LogP contribution in [-0.2, 0) is 0 Å². The quantitative estimate of drug-likeness (QED) is 0.699. The molecule has 1 atom stereocenters. The predicted octanol–water partition coefficient (Wildman–Crippen LogP) is 5.76. The van der Waals surface area contributed by atoms with Gasteiger partial charge in [-0.2, -0.15) is 0 Å². The molecule has 114 valence electrons. The fraction of sp³-hybridized carbons (Fsp3) is 0.294. The number of halogens is 3. The van der Waals surface area contributed by atoms with Gasteiger partial charge in [-0.15, -0.1) is 13.2 Å². The van der Waals surface area contributed by atoms with Crippen LogP contribution in [0.4, 0.5) is 13.2 Å². The van der Waals surface area contributed by atoms with Crippen LogP contribution < -0.4 is 4.74 Å². The SMILES string of the molecule is CC.CC(c1ccccc1)c1cccc(OC(F)(F)F)c1. The second-order valence-corrected chi connectivity index (χ2v) is 4.25. The second-order valence-electron chi connectivity index (χ2n) is 4.25. The summed E-state index contributed by atoms with van der Waals surface area (Å²) in [6.45, 7) is 5.95. The van der Waals surface area contributed by atoms with Crippen LogP contribution in [0.1, 0.15) is 37.8 Å². The summed E-state index contributed by atoms with van der Waals surface area (Å²) in [5.74, 6) is -0.175. The van der Waals surface area contributed by atoms with E-state index in [9.17, 15) is 13.2 Å². The van der Waals surface area contributed by atoms with Crippen molar-refractivity contribution in [2.75, 3.05) is 0 Å². The average molecular weight is 296 g/mol. The van der Waals surface area contributed by atoms with Crippen LogP contribution in [0.5, 0.6) is 5.75 Å². The number of ether oxygens (including phenoxy) is 1. The minimum absolute atomic E-state index is 0.0120. The van der Waals surface area contributed by atoms with Crippen molar-refractivity contribution < 1.29 is 17.9 Å². The normalized spacial score (nSPS) is 12.1. The molecule has 0 aromatic heterocycles. The molecule has 0 aliphatic carbocycles. The van der Waals surface area contributed by atoms with Gasteiger partial charge in [0.05, 0.1) is 0 Å². The van der Waals surface area contributed by atoms with Crippen molar-refractivity contribution in [3.63, 3.8) is 0 Å². The smallest absolute Gasteiger partial charge is 0.406 e. The van der Waals surface area contributed by atoms with E-state index in [-0.39, 0.29) is 11.7 Å². The van der Waals surface area contributed by atoms with E-state index in [1.54, 1.807) is 12.1 Å². The summed E-state index contributed by atoms with van der Waals surface area (Å²) in [6, 6.07) is 15.7. The third kappa shape index (κ3) is 5.50. The van der Waals surface area contributed by atoms with E-state index in [0.29, 0.717) is 0 Å². The third-order valence-electron chi connectivity index (χ3n) is 2.89. The van der Waals surface area contributed by atoms with Gasteiger partial charge < -0.3 is 4.74 Å². The van der Waals surface area contributed by atoms with E-state index >= 15 is 0 Å². The summed E-state index contributed by atoms with van der Waals surface area (Å²) in [6.07, 6.45) is -4.66. The lowest BCUT2D eigenvalue weighted by Crippen LogP contribution is -2.17. The van der Waals surface area contributed by atoms with Crippen LogP contribution >= 0.6 is 0 Å². The highest BCUT2D eigenvalue weighted by molar-refractivity contribution is 5.36. The Labute approximate surface area is 123 Å². The molecule has 0 N–H and O–H groups in total. The molecule has 0 saturated carbocycles. The Kier molecular flexibility index (Phi) is 6.28. The zero-order valence-electron chi connectivity index (χ0n) is 12.3. The molecule has 0 aliphatic heterocycles. The molecular weight excluding hydrogens is 277 g/mol. The molecule has 0 amide bonds. The van der Waals surface area contributed by atoms with Crippen LogP contribution in [0.15, 0.2) is 54.6 Å². The van der Waals surface area contributed by atoms with Crippen molar-refractivity contribution in [2.45, 2.75) is 33.1 Å². The summed E-state index contributed by atoms with van der Waals surface area (Å²) in [5.41, 5.74) is 1.83. The monoisotopic (exact) mass is 296 g/mol. The van der Waals surface area contributed by atoms with Gasteiger partial charge in [-0.1, -0.05) is 63.2 Å². The van der Waals surface area contributed by atoms with E-state index in [4.69, 9.17) is 0 Å². The Bertz CT molecular complexity index is 535. The second kappa shape index (κ2) is 7.72. The first-order chi connectivity index (χ1) is 9.96. The average Bonchev–Trinajstić information content (AvgIpc) is 2.48. The molecule has 1 unspecified atom stereocenters. The molecule has 2 aromatic rings. The van der Waals surface area contributed by atoms with Crippen LogP contribution in [0.3, 0.4) is 0 Å². The van der Waals surface area contributed by atoms with Crippen molar-refractivity contribution in [3.05, 3.63) is 65.7 Å². The number of benzene rings is 2. The lowest BCUT2D eigenvalue weighted by atomic mass is 9.93. The summed E-state index contributed by atoms with van der Waals surface area (Å²) >= 11 is 0. The summed E-state index contributed by atoms with van der Waals surface area (Å²) in [5, 5.41) is 0. The Hall–Kier alpha value is -1.97. The summed E-state index contributed by atoms with van der Waals surface area (Å²) < 4.78 is 40.5. The van der Waals surface area contributed by atoms with Crippen molar-refractivity contribution in [2.24, 2.45) is 0 Å². The molecule has 2 aromatic carbocycles. The van der Waals surface area contributed by atoms with Crippen molar-refractivity contribution >= 4 is 0 Å². The number of hydrogen-bond acceptors (Lipinski definition) is 1. The fourth-order valence-corrected chi connectivity index (χ4v) is 1.92. The Morgan fingerprint density at radius 2 is 1.43 bits per heavy atom. The highest BCUT2D eigenvalue weighted by Crippen LogP contribution is 2.29. The largest absolute Gasteiger partial charge is 0.573 e. The molecule has 1 nitrogen and oxygen atoms in total. The van der Waals surface area contributed by atoms with E-state index in [1.807, 2.05) is 51.1 Å². The fourth-order valence-electron chi connectivity index (χ4n) is 1.92. The summed E-state index contributed by atoms with van der Waals surface area (Å²) in [7, 11) is 0. The molecule has 2 rings (SSSR count). The van der Waals surface area contributed by atoms with E-state index in [0.717, 1.165) is 11.1 Å². The van der Waals surface area contributed by atoms with Gasteiger partial charge in [0, 0.05) is 5.92 Å². The van der Waals surface area contributed by atoms with Gasteiger partial charge in [0.2, 0.25) is 0 Å². The maximum absolute atomic E-state index is 12.2. The molecule has 0 aliphatic rings. The Balaban J connectivity index is 0.00000106. The van der Waals surface area contributed by atoms with Gasteiger partial charge in [0.1, 0.15) is 5.75 Å². The molecule has 0 fully saturated rings. The maximum atomic E-state index is 12.2. The highest BCUT2D eigenvalue weighted by Gasteiger charge is 2.31. The molecule has 0 spiro atoms. The molecule has 0 radical (unpaired) electrons. The zero-order valence-corrected chi connectivity index (χ0v) is 12.3. The zero-order chi connectivity index (χ0) is 15.9. The van der Waals surface area contributed by atoms with Gasteiger partial charge >= 0.3 is 6.36 Å². The lowest BCUT2D eigenvalue weighted by Gasteiger charge is -2.14. The van der Waals surface area contributed by atoms with Crippen LogP contribution in [-0.4, -0.2) is 6.36 Å². The first-order valence-electron chi connectivity index (χ1n) is 6.86. The predicted molar refractivity (Wildman–Crippen MR) is 78.4 cm³/mol. The number of alkyl halides is 3. The Morgan fingerprint density at radius 3 is 2.00 bits per heavy atom. The minimum atomic E-state index is -4.66. The van der Waals surface area contributed by atoms with Crippen LogP contribution in [0.2, 0.25) is 0 Å². The molecule has 4 heteroatoms. The minimum Gasteiger partial charge on any atom is -0.406 e. The Morgan fingerprint density at radius 1 is 0.857 bits per heavy atom. The van der Waals surface area contributed by atoms with Crippen molar-refractivity contribution in [3.8, 4) is 5.75 Å². The van der Waals surface area contributed by atoms with E-state index in [1.165, 1.54) is 12.1 Å². The third-order valence-corrected chi connectivity index (χ3v) is 2.89. The number of hydrogen-bond donors (Lipinski definition) is 0. The molecule has 0 heterocycles. The standard InChI is InChI=1S/C15H13F3O.C2H6/c1-11(12-6-3-2-4-7-12)13-8-5-9-14(10-13)19-15(16,17)18;1-2/h2-11H,1H3;1-2H3. The van der Waals surface area contributed by atoms with Crippen molar-refractivity contribution in [1.82, 2.24) is 0 Å². The van der Waals surface area contributed by atoms with E-state index < -0.39 is 6.36 Å². The van der Waals surface area contributed by atoms with E-state index in [2.05, 4.69) is 4.74 Å². The first-order valence-corrected chi connectivity index (χ1v) is 6.86. The lowest BCUT2D eigenvalue weighted by molar-refractivity contribution is -0.274. The van der Waals surface area contributed by atoms with Gasteiger partial charge in [0.25, 0.3) is 0 Å². The molecule has 21 heavy (non-hydrogen) atoms. The molecule has 0 saturated heterocycles.